The first kappa shape index (κ1) is 49.0. The van der Waals surface area contributed by atoms with Crippen LogP contribution in [0.1, 0.15) is 200 Å². The summed E-state index contributed by atoms with van der Waals surface area (Å²) in [5.74, 6) is -0.915. The Morgan fingerprint density at radius 1 is 0.520 bits per heavy atom. The molecule has 11 heteroatoms. The van der Waals surface area contributed by atoms with Crippen molar-refractivity contribution in [2.24, 2.45) is 0 Å². The molecule has 0 aromatic rings. The van der Waals surface area contributed by atoms with Gasteiger partial charge in [-0.3, -0.25) is 18.6 Å². The molecule has 0 spiro atoms. The number of phosphoric ester groups is 1. The van der Waals surface area contributed by atoms with Crippen LogP contribution in [0.15, 0.2) is 0 Å². The standard InChI is InChI=1S/C39H77O10P/c1-3-5-7-9-11-13-14-15-16-17-18-19-20-21-23-24-26-28-30-38(42)46-34-37(35-48-50(44,45)47-33-36(41)32-40)49-39(43)31-29-27-25-22-12-10-8-6-4-2/h36-37,40-41H,3-35H2,1-2H3,(H,44,45)/t36-,37+/m0/s1. The summed E-state index contributed by atoms with van der Waals surface area (Å²) in [5, 5.41) is 18.3. The highest BCUT2D eigenvalue weighted by Crippen LogP contribution is 2.43. The molecule has 0 aliphatic carbocycles. The molecule has 298 valence electrons. The first-order chi connectivity index (χ1) is 24.2. The zero-order valence-electron chi connectivity index (χ0n) is 32.1. The fourth-order valence-corrected chi connectivity index (χ4v) is 6.61. The Bertz CT molecular complexity index is 812. The largest absolute Gasteiger partial charge is 0.472 e. The van der Waals surface area contributed by atoms with Crippen molar-refractivity contribution in [3.05, 3.63) is 0 Å². The van der Waals surface area contributed by atoms with Crippen LogP contribution in [-0.4, -0.2) is 65.7 Å². The van der Waals surface area contributed by atoms with E-state index < -0.39 is 51.8 Å². The number of rotatable bonds is 39. The van der Waals surface area contributed by atoms with Gasteiger partial charge < -0.3 is 24.6 Å². The number of aliphatic hydroxyl groups is 2. The van der Waals surface area contributed by atoms with Crippen LogP contribution < -0.4 is 0 Å². The normalized spacial score (nSPS) is 13.9. The monoisotopic (exact) mass is 737 g/mol. The van der Waals surface area contributed by atoms with Gasteiger partial charge in [-0.2, -0.15) is 0 Å². The van der Waals surface area contributed by atoms with E-state index in [9.17, 15) is 24.2 Å². The maximum atomic E-state index is 12.5. The van der Waals surface area contributed by atoms with Gasteiger partial charge in [0.2, 0.25) is 0 Å². The summed E-state index contributed by atoms with van der Waals surface area (Å²) in [6.07, 6.45) is 30.8. The summed E-state index contributed by atoms with van der Waals surface area (Å²) in [4.78, 5) is 34.8. The van der Waals surface area contributed by atoms with Gasteiger partial charge in [-0.1, -0.05) is 174 Å². The zero-order chi connectivity index (χ0) is 37.0. The Hall–Kier alpha value is -1.03. The molecule has 0 saturated carbocycles. The SMILES string of the molecule is CCCCCCCCCCCCCCCCCCCCC(=O)OC[C@H](COP(=O)(O)OC[C@@H](O)CO)OC(=O)CCCCCCCCCCC. The van der Waals surface area contributed by atoms with E-state index in [-0.39, 0.29) is 19.4 Å². The van der Waals surface area contributed by atoms with Gasteiger partial charge >= 0.3 is 19.8 Å². The maximum absolute atomic E-state index is 12.5. The average molecular weight is 737 g/mol. The highest BCUT2D eigenvalue weighted by atomic mass is 31.2. The molecule has 0 aliphatic rings. The minimum absolute atomic E-state index is 0.190. The molecule has 0 saturated heterocycles. The Morgan fingerprint density at radius 2 is 0.860 bits per heavy atom. The molecule has 0 aromatic heterocycles. The first-order valence-electron chi connectivity index (χ1n) is 20.5. The lowest BCUT2D eigenvalue weighted by Gasteiger charge is -2.20. The Balaban J connectivity index is 4.18. The molecule has 0 heterocycles. The molecule has 10 nitrogen and oxygen atoms in total. The van der Waals surface area contributed by atoms with Crippen molar-refractivity contribution in [3.8, 4) is 0 Å². The molecule has 0 amide bonds. The van der Waals surface area contributed by atoms with Crippen LogP contribution in [0, 0.1) is 0 Å². The maximum Gasteiger partial charge on any atom is 0.472 e. The van der Waals surface area contributed by atoms with E-state index >= 15 is 0 Å². The third-order valence-corrected chi connectivity index (χ3v) is 9.96. The predicted molar refractivity (Wildman–Crippen MR) is 201 cm³/mol. The van der Waals surface area contributed by atoms with Crippen molar-refractivity contribution in [2.75, 3.05) is 26.4 Å². The smallest absolute Gasteiger partial charge is 0.462 e. The van der Waals surface area contributed by atoms with Crippen LogP contribution in [0.25, 0.3) is 0 Å². The van der Waals surface area contributed by atoms with Crippen LogP contribution in [0.2, 0.25) is 0 Å². The number of esters is 2. The van der Waals surface area contributed by atoms with Crippen molar-refractivity contribution >= 4 is 19.8 Å². The molecular formula is C39H77O10P. The van der Waals surface area contributed by atoms with Crippen LogP contribution in [0.4, 0.5) is 0 Å². The zero-order valence-corrected chi connectivity index (χ0v) is 33.0. The third-order valence-electron chi connectivity index (χ3n) is 9.01. The van der Waals surface area contributed by atoms with Crippen molar-refractivity contribution < 1.29 is 47.8 Å². The van der Waals surface area contributed by atoms with E-state index in [0.717, 1.165) is 32.1 Å². The van der Waals surface area contributed by atoms with Crippen molar-refractivity contribution in [1.29, 1.82) is 0 Å². The molecule has 3 atom stereocenters. The summed E-state index contributed by atoms with van der Waals surface area (Å²) < 4.78 is 32.6. The number of carbonyl (C=O) groups is 2. The number of ether oxygens (including phenoxy) is 2. The van der Waals surface area contributed by atoms with Gasteiger partial charge in [0.15, 0.2) is 6.10 Å². The Kier molecular flexibility index (Phi) is 35.6. The summed E-state index contributed by atoms with van der Waals surface area (Å²) >= 11 is 0. The number of aliphatic hydroxyl groups excluding tert-OH is 2. The average Bonchev–Trinajstić information content (AvgIpc) is 3.10. The fourth-order valence-electron chi connectivity index (χ4n) is 5.82. The van der Waals surface area contributed by atoms with Crippen molar-refractivity contribution in [2.45, 2.75) is 212 Å². The molecule has 0 rings (SSSR count). The second-order valence-electron chi connectivity index (χ2n) is 14.0. The van der Waals surface area contributed by atoms with Crippen LogP contribution >= 0.6 is 7.82 Å². The lowest BCUT2D eigenvalue weighted by molar-refractivity contribution is -0.161. The molecule has 50 heavy (non-hydrogen) atoms. The number of hydrogen-bond acceptors (Lipinski definition) is 9. The summed E-state index contributed by atoms with van der Waals surface area (Å²) in [6.45, 7) is 2.38. The van der Waals surface area contributed by atoms with Crippen LogP contribution in [-0.2, 0) is 32.7 Å². The lowest BCUT2D eigenvalue weighted by atomic mass is 10.0. The molecule has 0 aromatic carbocycles. The van der Waals surface area contributed by atoms with Gasteiger partial charge in [0, 0.05) is 12.8 Å². The highest BCUT2D eigenvalue weighted by molar-refractivity contribution is 7.47. The molecule has 0 bridgehead atoms. The first-order valence-corrected chi connectivity index (χ1v) is 22.0. The van der Waals surface area contributed by atoms with Gasteiger partial charge in [0.1, 0.15) is 12.7 Å². The van der Waals surface area contributed by atoms with Gasteiger partial charge in [-0.15, -0.1) is 0 Å². The Labute approximate surface area is 305 Å². The van der Waals surface area contributed by atoms with Gasteiger partial charge in [-0.25, -0.2) is 4.57 Å². The molecule has 1 unspecified atom stereocenters. The third kappa shape index (κ3) is 35.4. The van der Waals surface area contributed by atoms with Crippen LogP contribution in [0.5, 0.6) is 0 Å². The number of unbranched alkanes of at least 4 members (excludes halogenated alkanes) is 25. The second-order valence-corrected chi connectivity index (χ2v) is 15.5. The van der Waals surface area contributed by atoms with Gasteiger partial charge in [0.05, 0.1) is 19.8 Å². The fraction of sp³-hybridized carbons (Fsp3) is 0.949. The number of phosphoric acid groups is 1. The minimum atomic E-state index is -4.60. The lowest BCUT2D eigenvalue weighted by Crippen LogP contribution is -2.29. The minimum Gasteiger partial charge on any atom is -0.462 e. The summed E-state index contributed by atoms with van der Waals surface area (Å²) in [7, 11) is -4.60. The summed E-state index contributed by atoms with van der Waals surface area (Å²) in [5.41, 5.74) is 0. The van der Waals surface area contributed by atoms with Gasteiger partial charge in [0.25, 0.3) is 0 Å². The topological polar surface area (TPSA) is 149 Å². The second kappa shape index (κ2) is 36.3. The molecular weight excluding hydrogens is 659 g/mol. The van der Waals surface area contributed by atoms with Crippen LogP contribution in [0.3, 0.4) is 0 Å². The number of carbonyl (C=O) groups excluding carboxylic acids is 2. The van der Waals surface area contributed by atoms with Crippen molar-refractivity contribution in [3.63, 3.8) is 0 Å². The van der Waals surface area contributed by atoms with E-state index in [1.807, 2.05) is 0 Å². The van der Waals surface area contributed by atoms with E-state index in [0.29, 0.717) is 12.8 Å². The van der Waals surface area contributed by atoms with E-state index in [1.165, 1.54) is 128 Å². The quantitative estimate of drug-likeness (QED) is 0.0316. The molecule has 0 fully saturated rings. The van der Waals surface area contributed by atoms with E-state index in [1.54, 1.807) is 0 Å². The molecule has 0 radical (unpaired) electrons. The van der Waals surface area contributed by atoms with Gasteiger partial charge in [-0.05, 0) is 12.8 Å². The Morgan fingerprint density at radius 3 is 1.24 bits per heavy atom. The molecule has 3 N–H and O–H groups in total. The number of hydrogen-bond donors (Lipinski definition) is 3. The van der Waals surface area contributed by atoms with E-state index in [4.69, 9.17) is 19.1 Å². The summed E-state index contributed by atoms with van der Waals surface area (Å²) in [6, 6.07) is 0. The van der Waals surface area contributed by atoms with Crippen molar-refractivity contribution in [1.82, 2.24) is 0 Å². The molecule has 0 aliphatic heterocycles. The van der Waals surface area contributed by atoms with E-state index in [2.05, 4.69) is 18.4 Å². The highest BCUT2D eigenvalue weighted by Gasteiger charge is 2.27. The predicted octanol–water partition coefficient (Wildman–Crippen LogP) is 10.3.